The van der Waals surface area contributed by atoms with Gasteiger partial charge in [0.2, 0.25) is 0 Å². The monoisotopic (exact) mass is 297 g/mol. The van der Waals surface area contributed by atoms with E-state index < -0.39 is 10.2 Å². The summed E-state index contributed by atoms with van der Waals surface area (Å²) < 4.78 is 28.4. The van der Waals surface area contributed by atoms with Crippen molar-refractivity contribution in [3.8, 4) is 0 Å². The molecule has 1 aromatic carbocycles. The summed E-state index contributed by atoms with van der Waals surface area (Å²) in [5.74, 6) is 0. The van der Waals surface area contributed by atoms with Gasteiger partial charge in [0.15, 0.2) is 0 Å². The Morgan fingerprint density at radius 3 is 2.55 bits per heavy atom. The highest BCUT2D eigenvalue weighted by Gasteiger charge is 2.33. The van der Waals surface area contributed by atoms with Crippen LogP contribution >= 0.6 is 0 Å². The van der Waals surface area contributed by atoms with E-state index in [1.54, 1.807) is 4.31 Å². The van der Waals surface area contributed by atoms with E-state index in [9.17, 15) is 8.42 Å². The first-order valence-electron chi connectivity index (χ1n) is 7.05. The molecule has 1 aliphatic rings. The first-order valence-corrected chi connectivity index (χ1v) is 8.44. The predicted molar refractivity (Wildman–Crippen MR) is 82.2 cm³/mol. The van der Waals surface area contributed by atoms with Gasteiger partial charge in [-0.1, -0.05) is 17.7 Å². The van der Waals surface area contributed by atoms with E-state index in [0.29, 0.717) is 19.6 Å². The maximum absolute atomic E-state index is 12.6. The van der Waals surface area contributed by atoms with E-state index in [4.69, 9.17) is 0 Å². The second-order valence-electron chi connectivity index (χ2n) is 5.13. The van der Waals surface area contributed by atoms with Crippen LogP contribution in [0.4, 0.5) is 5.69 Å². The van der Waals surface area contributed by atoms with Crippen molar-refractivity contribution in [2.24, 2.45) is 0 Å². The zero-order valence-electron chi connectivity index (χ0n) is 12.2. The lowest BCUT2D eigenvalue weighted by atomic mass is 10.2. The first kappa shape index (κ1) is 15.3. The third-order valence-electron chi connectivity index (χ3n) is 3.53. The second kappa shape index (κ2) is 6.56. The zero-order chi connectivity index (χ0) is 14.6. The SMILES string of the molecule is CNCCCN1CCCN(c2ccc(C)cc2)S1(=O)=O. The molecule has 1 fully saturated rings. The van der Waals surface area contributed by atoms with Crippen LogP contribution in [0.3, 0.4) is 0 Å². The topological polar surface area (TPSA) is 52.6 Å². The third kappa shape index (κ3) is 3.31. The van der Waals surface area contributed by atoms with E-state index in [-0.39, 0.29) is 0 Å². The molecule has 2 rings (SSSR count). The molecule has 0 saturated carbocycles. The smallest absolute Gasteiger partial charge is 0.304 e. The summed E-state index contributed by atoms with van der Waals surface area (Å²) in [6, 6.07) is 7.66. The Balaban J connectivity index is 2.15. The van der Waals surface area contributed by atoms with E-state index in [0.717, 1.165) is 30.6 Å². The molecule has 0 spiro atoms. The van der Waals surface area contributed by atoms with Gasteiger partial charge in [-0.3, -0.25) is 4.31 Å². The molecule has 5 nitrogen and oxygen atoms in total. The zero-order valence-corrected chi connectivity index (χ0v) is 13.0. The van der Waals surface area contributed by atoms with Gasteiger partial charge >= 0.3 is 10.2 Å². The van der Waals surface area contributed by atoms with Crippen molar-refractivity contribution in [2.75, 3.05) is 37.5 Å². The molecule has 0 amide bonds. The van der Waals surface area contributed by atoms with Gasteiger partial charge in [0.05, 0.1) is 5.69 Å². The summed E-state index contributed by atoms with van der Waals surface area (Å²) in [5, 5.41) is 3.05. The Labute approximate surface area is 121 Å². The number of aryl methyl sites for hydroxylation is 1. The van der Waals surface area contributed by atoms with E-state index in [2.05, 4.69) is 5.32 Å². The highest BCUT2D eigenvalue weighted by atomic mass is 32.2. The number of nitrogens with one attached hydrogen (secondary N) is 1. The van der Waals surface area contributed by atoms with Gasteiger partial charge in [0.25, 0.3) is 0 Å². The molecular weight excluding hydrogens is 274 g/mol. The normalized spacial score (nSPS) is 19.2. The van der Waals surface area contributed by atoms with Crippen LogP contribution in [0.5, 0.6) is 0 Å². The van der Waals surface area contributed by atoms with Crippen molar-refractivity contribution >= 4 is 15.9 Å². The number of nitrogens with zero attached hydrogens (tertiary/aromatic N) is 2. The third-order valence-corrected chi connectivity index (χ3v) is 5.50. The van der Waals surface area contributed by atoms with E-state index in [1.807, 2.05) is 38.2 Å². The molecule has 1 N–H and O–H groups in total. The van der Waals surface area contributed by atoms with Crippen LogP contribution in [0.25, 0.3) is 0 Å². The van der Waals surface area contributed by atoms with Crippen LogP contribution in [0.1, 0.15) is 18.4 Å². The fourth-order valence-corrected chi connectivity index (χ4v) is 4.14. The van der Waals surface area contributed by atoms with Crippen molar-refractivity contribution in [3.63, 3.8) is 0 Å². The summed E-state index contributed by atoms with van der Waals surface area (Å²) in [6.45, 7) is 4.59. The van der Waals surface area contributed by atoms with Crippen LogP contribution in [0, 0.1) is 6.92 Å². The van der Waals surface area contributed by atoms with Crippen LogP contribution in [-0.2, 0) is 10.2 Å². The lowest BCUT2D eigenvalue weighted by Gasteiger charge is -2.36. The predicted octanol–water partition coefficient (Wildman–Crippen LogP) is 1.36. The highest BCUT2D eigenvalue weighted by Crippen LogP contribution is 2.24. The van der Waals surface area contributed by atoms with Crippen molar-refractivity contribution in [3.05, 3.63) is 29.8 Å². The molecule has 0 atom stereocenters. The summed E-state index contributed by atoms with van der Waals surface area (Å²) >= 11 is 0. The molecular formula is C14H23N3O2S. The van der Waals surface area contributed by atoms with Gasteiger partial charge in [-0.15, -0.1) is 0 Å². The summed E-state index contributed by atoms with van der Waals surface area (Å²) in [6.07, 6.45) is 1.70. The lowest BCUT2D eigenvalue weighted by molar-refractivity contribution is 0.379. The van der Waals surface area contributed by atoms with Crippen LogP contribution in [0.2, 0.25) is 0 Å². The number of rotatable bonds is 5. The molecule has 0 aromatic heterocycles. The standard InChI is InChI=1S/C14H23N3O2S/c1-13-5-7-14(8-6-13)17-12-4-11-16(20(17,18)19)10-3-9-15-2/h5-8,15H,3-4,9-12H2,1-2H3. The first-order chi connectivity index (χ1) is 9.55. The highest BCUT2D eigenvalue weighted by molar-refractivity contribution is 7.90. The average Bonchev–Trinajstić information content (AvgIpc) is 2.42. The average molecular weight is 297 g/mol. The van der Waals surface area contributed by atoms with Crippen molar-refractivity contribution < 1.29 is 8.42 Å². The molecule has 0 radical (unpaired) electrons. The summed E-state index contributed by atoms with van der Waals surface area (Å²) in [7, 11) is -1.49. The van der Waals surface area contributed by atoms with Gasteiger partial charge in [-0.05, 0) is 45.5 Å². The minimum atomic E-state index is -3.37. The summed E-state index contributed by atoms with van der Waals surface area (Å²) in [4.78, 5) is 0. The Morgan fingerprint density at radius 1 is 1.20 bits per heavy atom. The van der Waals surface area contributed by atoms with Gasteiger partial charge in [0.1, 0.15) is 0 Å². The van der Waals surface area contributed by atoms with Crippen LogP contribution in [-0.4, -0.2) is 45.9 Å². The van der Waals surface area contributed by atoms with Crippen molar-refractivity contribution in [1.29, 1.82) is 0 Å². The molecule has 0 bridgehead atoms. The van der Waals surface area contributed by atoms with E-state index >= 15 is 0 Å². The Bertz CT molecular complexity index is 528. The molecule has 1 aromatic rings. The molecule has 1 aliphatic heterocycles. The number of hydrogen-bond donors (Lipinski definition) is 1. The minimum absolute atomic E-state index is 0.563. The second-order valence-corrected chi connectivity index (χ2v) is 6.98. The van der Waals surface area contributed by atoms with Crippen LogP contribution in [0.15, 0.2) is 24.3 Å². The van der Waals surface area contributed by atoms with Crippen LogP contribution < -0.4 is 9.62 Å². The largest absolute Gasteiger partial charge is 0.320 e. The number of hydrogen-bond acceptors (Lipinski definition) is 3. The fourth-order valence-electron chi connectivity index (χ4n) is 2.39. The Hall–Kier alpha value is -1.11. The molecule has 1 heterocycles. The molecule has 1 saturated heterocycles. The quantitative estimate of drug-likeness (QED) is 0.835. The lowest BCUT2D eigenvalue weighted by Crippen LogP contribution is -2.50. The fraction of sp³-hybridized carbons (Fsp3) is 0.571. The van der Waals surface area contributed by atoms with Gasteiger partial charge in [0, 0.05) is 19.6 Å². The van der Waals surface area contributed by atoms with Crippen molar-refractivity contribution in [2.45, 2.75) is 19.8 Å². The van der Waals surface area contributed by atoms with Gasteiger partial charge in [-0.25, -0.2) is 0 Å². The molecule has 0 aliphatic carbocycles. The Morgan fingerprint density at radius 2 is 1.90 bits per heavy atom. The van der Waals surface area contributed by atoms with Gasteiger partial charge in [-0.2, -0.15) is 12.7 Å². The molecule has 112 valence electrons. The molecule has 6 heteroatoms. The molecule has 0 unspecified atom stereocenters. The maximum atomic E-state index is 12.6. The molecule has 20 heavy (non-hydrogen) atoms. The van der Waals surface area contributed by atoms with Crippen molar-refractivity contribution in [1.82, 2.24) is 9.62 Å². The number of anilines is 1. The number of benzene rings is 1. The Kier molecular flexibility index (Phi) is 5.01. The minimum Gasteiger partial charge on any atom is -0.320 e. The van der Waals surface area contributed by atoms with Gasteiger partial charge < -0.3 is 5.32 Å². The van der Waals surface area contributed by atoms with E-state index in [1.165, 1.54) is 4.31 Å². The summed E-state index contributed by atoms with van der Waals surface area (Å²) in [5.41, 5.74) is 1.89. The maximum Gasteiger partial charge on any atom is 0.304 e.